The van der Waals surface area contributed by atoms with Gasteiger partial charge in [-0.15, -0.1) is 0 Å². The van der Waals surface area contributed by atoms with Gasteiger partial charge in [-0.2, -0.15) is 5.10 Å². The first kappa shape index (κ1) is 21.2. The minimum absolute atomic E-state index is 0.317. The number of pyridine rings is 1. The molecule has 3 aliphatic heterocycles. The van der Waals surface area contributed by atoms with E-state index in [2.05, 4.69) is 28.2 Å². The summed E-state index contributed by atoms with van der Waals surface area (Å²) in [6, 6.07) is 15.0. The summed E-state index contributed by atoms with van der Waals surface area (Å²) in [4.78, 5) is 16.5. The molecule has 0 aliphatic carbocycles. The molecule has 33 heavy (non-hydrogen) atoms. The van der Waals surface area contributed by atoms with E-state index in [1.165, 1.54) is 11.1 Å². The number of rotatable bonds is 4. The molecule has 3 saturated heterocycles. The SMILES string of the molecule is O=C(N1C2CCC1CC(Cc1cccn3nccc13)C2)C1(c2ccc(Cl)cc2)CCOCC1. The molecular weight excluding hydrogens is 434 g/mol. The first-order chi connectivity index (χ1) is 16.1. The van der Waals surface area contributed by atoms with Gasteiger partial charge < -0.3 is 9.64 Å². The molecule has 3 aliphatic rings. The predicted molar refractivity (Wildman–Crippen MR) is 128 cm³/mol. The van der Waals surface area contributed by atoms with Gasteiger partial charge in [0.1, 0.15) is 0 Å². The van der Waals surface area contributed by atoms with E-state index in [-0.39, 0.29) is 0 Å². The second-order valence-electron chi connectivity index (χ2n) is 10.0. The summed E-state index contributed by atoms with van der Waals surface area (Å²) in [6.45, 7) is 1.27. The lowest BCUT2D eigenvalue weighted by Gasteiger charge is -2.46. The second kappa shape index (κ2) is 8.44. The molecule has 2 bridgehead atoms. The first-order valence-corrected chi connectivity index (χ1v) is 12.6. The number of halogens is 1. The number of carbonyl (C=O) groups excluding carboxylic acids is 1. The fraction of sp³-hybridized carbons (Fsp3) is 0.481. The quantitative estimate of drug-likeness (QED) is 0.544. The summed E-state index contributed by atoms with van der Waals surface area (Å²) in [5.41, 5.74) is 3.17. The van der Waals surface area contributed by atoms with Crippen LogP contribution in [0.1, 0.15) is 49.7 Å². The molecule has 2 unspecified atom stereocenters. The van der Waals surface area contributed by atoms with Crippen LogP contribution in [0.5, 0.6) is 0 Å². The van der Waals surface area contributed by atoms with Gasteiger partial charge in [0.15, 0.2) is 0 Å². The minimum atomic E-state index is -0.486. The Kier molecular flexibility index (Phi) is 5.42. The fourth-order valence-electron chi connectivity index (χ4n) is 6.65. The van der Waals surface area contributed by atoms with E-state index in [0.717, 1.165) is 50.5 Å². The number of amides is 1. The van der Waals surface area contributed by atoms with Crippen molar-refractivity contribution in [3.63, 3.8) is 0 Å². The molecule has 0 radical (unpaired) electrons. The van der Waals surface area contributed by atoms with Crippen molar-refractivity contribution in [2.24, 2.45) is 5.92 Å². The van der Waals surface area contributed by atoms with E-state index in [1.54, 1.807) is 0 Å². The van der Waals surface area contributed by atoms with Crippen LogP contribution in [0.2, 0.25) is 5.02 Å². The predicted octanol–water partition coefficient (Wildman–Crippen LogP) is 5.05. The van der Waals surface area contributed by atoms with Crippen LogP contribution in [0.4, 0.5) is 0 Å². The summed E-state index contributed by atoms with van der Waals surface area (Å²) < 4.78 is 7.65. The maximum absolute atomic E-state index is 14.3. The Morgan fingerprint density at radius 3 is 2.52 bits per heavy atom. The second-order valence-corrected chi connectivity index (χ2v) is 10.5. The highest BCUT2D eigenvalue weighted by Gasteiger charge is 2.51. The van der Waals surface area contributed by atoms with Crippen molar-refractivity contribution in [3.8, 4) is 0 Å². The summed E-state index contributed by atoms with van der Waals surface area (Å²) in [5, 5.41) is 5.10. The Morgan fingerprint density at radius 1 is 1.06 bits per heavy atom. The zero-order chi connectivity index (χ0) is 22.4. The lowest BCUT2D eigenvalue weighted by Crippen LogP contribution is -2.56. The van der Waals surface area contributed by atoms with Crippen molar-refractivity contribution in [1.29, 1.82) is 0 Å². The van der Waals surface area contributed by atoms with Crippen LogP contribution in [0, 0.1) is 5.92 Å². The maximum Gasteiger partial charge on any atom is 0.233 e. The Labute approximate surface area is 199 Å². The van der Waals surface area contributed by atoms with Crippen LogP contribution in [0.3, 0.4) is 0 Å². The van der Waals surface area contributed by atoms with Crippen LogP contribution in [0.15, 0.2) is 54.9 Å². The van der Waals surface area contributed by atoms with Gasteiger partial charge >= 0.3 is 0 Å². The highest BCUT2D eigenvalue weighted by molar-refractivity contribution is 6.30. The molecular formula is C27H30ClN3O2. The molecule has 5 nitrogen and oxygen atoms in total. The highest BCUT2D eigenvalue weighted by atomic mass is 35.5. The van der Waals surface area contributed by atoms with E-state index in [4.69, 9.17) is 16.3 Å². The van der Waals surface area contributed by atoms with Crippen LogP contribution < -0.4 is 0 Å². The number of benzene rings is 1. The molecule has 2 aromatic heterocycles. The molecule has 3 fully saturated rings. The number of fused-ring (bicyclic) bond motifs is 3. The fourth-order valence-corrected chi connectivity index (χ4v) is 6.77. The Hall–Kier alpha value is -2.37. The van der Waals surface area contributed by atoms with Crippen molar-refractivity contribution in [3.05, 3.63) is 71.0 Å². The van der Waals surface area contributed by atoms with Gasteiger partial charge in [-0.05, 0) is 86.3 Å². The third-order valence-electron chi connectivity index (χ3n) is 8.25. The number of aromatic nitrogens is 2. The van der Waals surface area contributed by atoms with Crippen LogP contribution >= 0.6 is 11.6 Å². The molecule has 0 N–H and O–H groups in total. The van der Waals surface area contributed by atoms with E-state index in [9.17, 15) is 4.79 Å². The lowest BCUT2D eigenvalue weighted by atomic mass is 9.72. The lowest BCUT2D eigenvalue weighted by molar-refractivity contribution is -0.146. The number of hydrogen-bond acceptors (Lipinski definition) is 3. The Balaban J connectivity index is 1.25. The molecule has 172 valence electrons. The van der Waals surface area contributed by atoms with Gasteiger partial charge in [0.05, 0.1) is 10.9 Å². The molecule has 3 aromatic rings. The van der Waals surface area contributed by atoms with Crippen LogP contribution in [-0.4, -0.2) is 45.7 Å². The standard InChI is InChI=1S/C27H30ClN3O2/c28-22-5-3-21(4-6-22)27(10-14-33-15-11-27)26(32)31-23-7-8-24(31)18-19(17-23)16-20-2-1-13-30-25(20)9-12-29-30/h1-6,9,12-13,19,23-24H,7-8,10-11,14-18H2. The Morgan fingerprint density at radius 2 is 1.79 bits per heavy atom. The van der Waals surface area contributed by atoms with Gasteiger partial charge in [-0.1, -0.05) is 29.8 Å². The van der Waals surface area contributed by atoms with Crippen LogP contribution in [-0.2, 0) is 21.4 Å². The zero-order valence-corrected chi connectivity index (χ0v) is 19.6. The molecule has 6 rings (SSSR count). The summed E-state index contributed by atoms with van der Waals surface area (Å²) >= 11 is 6.17. The third-order valence-corrected chi connectivity index (χ3v) is 8.50. The third kappa shape index (κ3) is 3.66. The minimum Gasteiger partial charge on any atom is -0.381 e. The molecule has 2 atom stereocenters. The summed E-state index contributed by atoms with van der Waals surface area (Å²) in [6.07, 6.45) is 10.8. The molecule has 6 heteroatoms. The average Bonchev–Trinajstić information content (AvgIpc) is 3.42. The van der Waals surface area contributed by atoms with Crippen molar-refractivity contribution in [2.45, 2.75) is 62.4 Å². The van der Waals surface area contributed by atoms with Gasteiger partial charge in [0.2, 0.25) is 5.91 Å². The monoisotopic (exact) mass is 463 g/mol. The van der Waals surface area contributed by atoms with Gasteiger partial charge in [0, 0.05) is 42.7 Å². The van der Waals surface area contributed by atoms with Crippen molar-refractivity contribution < 1.29 is 9.53 Å². The van der Waals surface area contributed by atoms with E-state index in [1.807, 2.05) is 41.2 Å². The first-order valence-electron chi connectivity index (χ1n) is 12.2. The largest absolute Gasteiger partial charge is 0.381 e. The number of carbonyl (C=O) groups is 1. The summed E-state index contributed by atoms with van der Waals surface area (Å²) in [5.74, 6) is 0.922. The molecule has 0 saturated carbocycles. The number of hydrogen-bond donors (Lipinski definition) is 0. The molecule has 1 aromatic carbocycles. The molecule has 5 heterocycles. The van der Waals surface area contributed by atoms with E-state index >= 15 is 0 Å². The van der Waals surface area contributed by atoms with Gasteiger partial charge in [-0.25, -0.2) is 4.52 Å². The number of piperidine rings is 1. The van der Waals surface area contributed by atoms with E-state index < -0.39 is 5.41 Å². The summed E-state index contributed by atoms with van der Waals surface area (Å²) in [7, 11) is 0. The normalized spacial score (nSPS) is 26.6. The van der Waals surface area contributed by atoms with Crippen LogP contribution in [0.25, 0.3) is 5.52 Å². The van der Waals surface area contributed by atoms with Crippen molar-refractivity contribution >= 4 is 23.0 Å². The maximum atomic E-state index is 14.3. The number of nitrogens with zero attached hydrogens (tertiary/aromatic N) is 3. The van der Waals surface area contributed by atoms with E-state index in [0.29, 0.717) is 42.1 Å². The van der Waals surface area contributed by atoms with Gasteiger partial charge in [-0.3, -0.25) is 4.79 Å². The molecule has 0 spiro atoms. The average molecular weight is 464 g/mol. The van der Waals surface area contributed by atoms with Gasteiger partial charge in [0.25, 0.3) is 0 Å². The van der Waals surface area contributed by atoms with Crippen molar-refractivity contribution in [1.82, 2.24) is 14.5 Å². The topological polar surface area (TPSA) is 46.8 Å². The number of ether oxygens (including phenoxy) is 1. The highest BCUT2D eigenvalue weighted by Crippen LogP contribution is 2.45. The van der Waals surface area contributed by atoms with Crippen molar-refractivity contribution in [2.75, 3.05) is 13.2 Å². The zero-order valence-electron chi connectivity index (χ0n) is 18.8. The molecule has 1 amide bonds. The smallest absolute Gasteiger partial charge is 0.233 e. The Bertz CT molecular complexity index is 1140.